The van der Waals surface area contributed by atoms with Gasteiger partial charge in [0, 0.05) is 24.0 Å². The third-order valence-electron chi connectivity index (χ3n) is 2.72. The van der Waals surface area contributed by atoms with Gasteiger partial charge in [-0.3, -0.25) is 4.98 Å². The first-order chi connectivity index (χ1) is 8.65. The van der Waals surface area contributed by atoms with E-state index in [1.165, 1.54) is 0 Å². The summed E-state index contributed by atoms with van der Waals surface area (Å²) in [5.41, 5.74) is 9.13. The van der Waals surface area contributed by atoms with E-state index >= 15 is 0 Å². The minimum Gasteiger partial charge on any atom is -0.489 e. The lowest BCUT2D eigenvalue weighted by Gasteiger charge is -2.10. The number of aromatic nitrogens is 1. The van der Waals surface area contributed by atoms with Crippen molar-refractivity contribution in [2.75, 3.05) is 0 Å². The van der Waals surface area contributed by atoms with Gasteiger partial charge in [-0.15, -0.1) is 0 Å². The molecule has 94 valence electrons. The quantitative estimate of drug-likeness (QED) is 0.896. The molecule has 0 saturated heterocycles. The van der Waals surface area contributed by atoms with E-state index in [1.807, 2.05) is 50.5 Å². The van der Waals surface area contributed by atoms with Gasteiger partial charge in [-0.25, -0.2) is 0 Å². The topological polar surface area (TPSA) is 48.1 Å². The maximum absolute atomic E-state index is 5.84. The summed E-state index contributed by atoms with van der Waals surface area (Å²) in [5.74, 6) is 0.839. The smallest absolute Gasteiger partial charge is 0.120 e. The predicted octanol–water partition coefficient (Wildman–Crippen LogP) is 2.99. The average Bonchev–Trinajstić information content (AvgIpc) is 2.37. The van der Waals surface area contributed by atoms with Crippen LogP contribution < -0.4 is 10.5 Å². The molecule has 0 amide bonds. The molecule has 3 nitrogen and oxygen atoms in total. The first kappa shape index (κ1) is 12.6. The first-order valence-electron chi connectivity index (χ1n) is 6.04. The summed E-state index contributed by atoms with van der Waals surface area (Å²) in [6, 6.07) is 9.98. The molecule has 0 saturated carbocycles. The average molecular weight is 242 g/mol. The fourth-order valence-electron chi connectivity index (χ4n) is 1.75. The summed E-state index contributed by atoms with van der Waals surface area (Å²) in [6.07, 6.45) is 3.66. The number of benzene rings is 1. The fourth-order valence-corrected chi connectivity index (χ4v) is 1.75. The van der Waals surface area contributed by atoms with E-state index in [-0.39, 0.29) is 6.04 Å². The van der Waals surface area contributed by atoms with Crippen LogP contribution in [0.25, 0.3) is 0 Å². The molecule has 0 unspecified atom stereocenters. The maximum Gasteiger partial charge on any atom is 0.120 e. The standard InChI is InChI=1S/C15H18N2O/c1-11-6-13(9-17-8-11)10-18-15-5-3-4-14(7-15)12(2)16/h3-9,12H,10,16H2,1-2H3/t12-/m0/s1. The Morgan fingerprint density at radius 1 is 1.28 bits per heavy atom. The highest BCUT2D eigenvalue weighted by molar-refractivity contribution is 5.30. The SMILES string of the molecule is Cc1cncc(COc2cccc([C@H](C)N)c2)c1. The van der Waals surface area contributed by atoms with Gasteiger partial charge in [0.1, 0.15) is 12.4 Å². The van der Waals surface area contributed by atoms with Crippen molar-refractivity contribution in [3.05, 3.63) is 59.4 Å². The molecule has 0 aliphatic heterocycles. The normalized spacial score (nSPS) is 12.2. The lowest BCUT2D eigenvalue weighted by molar-refractivity contribution is 0.305. The monoisotopic (exact) mass is 242 g/mol. The highest BCUT2D eigenvalue weighted by Crippen LogP contribution is 2.18. The Kier molecular flexibility index (Phi) is 3.95. The summed E-state index contributed by atoms with van der Waals surface area (Å²) < 4.78 is 5.74. The lowest BCUT2D eigenvalue weighted by atomic mass is 10.1. The minimum absolute atomic E-state index is 0.0224. The lowest BCUT2D eigenvalue weighted by Crippen LogP contribution is -2.05. The molecule has 0 fully saturated rings. The number of nitrogens with zero attached hydrogens (tertiary/aromatic N) is 1. The Morgan fingerprint density at radius 3 is 2.83 bits per heavy atom. The van der Waals surface area contributed by atoms with Gasteiger partial charge in [0.25, 0.3) is 0 Å². The second-order valence-corrected chi connectivity index (χ2v) is 4.52. The van der Waals surface area contributed by atoms with E-state index in [0.29, 0.717) is 6.61 Å². The van der Waals surface area contributed by atoms with Crippen LogP contribution in [0.2, 0.25) is 0 Å². The van der Waals surface area contributed by atoms with E-state index in [2.05, 4.69) is 11.1 Å². The van der Waals surface area contributed by atoms with Crippen LogP contribution in [0.1, 0.15) is 29.7 Å². The molecule has 0 bridgehead atoms. The van der Waals surface area contributed by atoms with E-state index < -0.39 is 0 Å². The number of hydrogen-bond acceptors (Lipinski definition) is 3. The summed E-state index contributed by atoms with van der Waals surface area (Å²) in [4.78, 5) is 4.14. The van der Waals surface area contributed by atoms with Crippen LogP contribution in [0.3, 0.4) is 0 Å². The number of pyridine rings is 1. The number of nitrogens with two attached hydrogens (primary N) is 1. The van der Waals surface area contributed by atoms with Gasteiger partial charge in [-0.1, -0.05) is 12.1 Å². The molecule has 18 heavy (non-hydrogen) atoms. The third-order valence-corrected chi connectivity index (χ3v) is 2.72. The molecule has 2 rings (SSSR count). The highest BCUT2D eigenvalue weighted by atomic mass is 16.5. The zero-order valence-electron chi connectivity index (χ0n) is 10.8. The molecule has 0 spiro atoms. The Labute approximate surface area is 108 Å². The number of rotatable bonds is 4. The summed E-state index contributed by atoms with van der Waals surface area (Å²) in [6.45, 7) is 4.51. The Morgan fingerprint density at radius 2 is 2.11 bits per heavy atom. The zero-order chi connectivity index (χ0) is 13.0. The Hall–Kier alpha value is -1.87. The van der Waals surface area contributed by atoms with Crippen LogP contribution in [-0.4, -0.2) is 4.98 Å². The molecule has 0 radical (unpaired) electrons. The molecule has 3 heteroatoms. The highest BCUT2D eigenvalue weighted by Gasteiger charge is 2.02. The van der Waals surface area contributed by atoms with Crippen molar-refractivity contribution in [1.82, 2.24) is 4.98 Å². The molecular formula is C15H18N2O. The van der Waals surface area contributed by atoms with Crippen LogP contribution in [-0.2, 0) is 6.61 Å². The molecule has 1 heterocycles. The largest absolute Gasteiger partial charge is 0.489 e. The van der Waals surface area contributed by atoms with Gasteiger partial charge in [-0.2, -0.15) is 0 Å². The maximum atomic E-state index is 5.84. The van der Waals surface area contributed by atoms with Gasteiger partial charge in [-0.05, 0) is 43.2 Å². The van der Waals surface area contributed by atoms with Crippen molar-refractivity contribution in [1.29, 1.82) is 0 Å². The molecular weight excluding hydrogens is 224 g/mol. The van der Waals surface area contributed by atoms with Gasteiger partial charge in [0.05, 0.1) is 0 Å². The summed E-state index contributed by atoms with van der Waals surface area (Å²) in [5, 5.41) is 0. The first-order valence-corrected chi connectivity index (χ1v) is 6.04. The van der Waals surface area contributed by atoms with Crippen molar-refractivity contribution < 1.29 is 4.74 Å². The van der Waals surface area contributed by atoms with Crippen molar-refractivity contribution in [2.24, 2.45) is 5.73 Å². The molecule has 0 aliphatic carbocycles. The number of aryl methyl sites for hydroxylation is 1. The third kappa shape index (κ3) is 3.31. The van der Waals surface area contributed by atoms with Gasteiger partial charge in [0.15, 0.2) is 0 Å². The van der Waals surface area contributed by atoms with Crippen LogP contribution in [0.15, 0.2) is 42.7 Å². The van der Waals surface area contributed by atoms with Gasteiger partial charge in [0.2, 0.25) is 0 Å². The minimum atomic E-state index is 0.0224. The molecule has 2 N–H and O–H groups in total. The zero-order valence-corrected chi connectivity index (χ0v) is 10.8. The number of hydrogen-bond donors (Lipinski definition) is 1. The predicted molar refractivity (Wildman–Crippen MR) is 72.4 cm³/mol. The molecule has 1 aromatic carbocycles. The van der Waals surface area contributed by atoms with Crippen LogP contribution in [0.4, 0.5) is 0 Å². The van der Waals surface area contributed by atoms with Gasteiger partial charge >= 0.3 is 0 Å². The van der Waals surface area contributed by atoms with Crippen molar-refractivity contribution in [2.45, 2.75) is 26.5 Å². The molecule has 1 aromatic heterocycles. The molecule has 1 atom stereocenters. The van der Waals surface area contributed by atoms with Crippen molar-refractivity contribution >= 4 is 0 Å². The van der Waals surface area contributed by atoms with Crippen molar-refractivity contribution in [3.8, 4) is 5.75 Å². The van der Waals surface area contributed by atoms with Crippen molar-refractivity contribution in [3.63, 3.8) is 0 Å². The van der Waals surface area contributed by atoms with Crippen LogP contribution in [0, 0.1) is 6.92 Å². The fraction of sp³-hybridized carbons (Fsp3) is 0.267. The van der Waals surface area contributed by atoms with Crippen LogP contribution in [0.5, 0.6) is 5.75 Å². The second-order valence-electron chi connectivity index (χ2n) is 4.52. The van der Waals surface area contributed by atoms with Crippen LogP contribution >= 0.6 is 0 Å². The van der Waals surface area contributed by atoms with E-state index in [0.717, 1.165) is 22.4 Å². The van der Waals surface area contributed by atoms with E-state index in [4.69, 9.17) is 10.5 Å². The Bertz CT molecular complexity index is 523. The Balaban J connectivity index is 2.04. The summed E-state index contributed by atoms with van der Waals surface area (Å²) in [7, 11) is 0. The van der Waals surface area contributed by atoms with E-state index in [1.54, 1.807) is 0 Å². The second kappa shape index (κ2) is 5.65. The molecule has 2 aromatic rings. The molecule has 0 aliphatic rings. The number of ether oxygens (including phenoxy) is 1. The van der Waals surface area contributed by atoms with Gasteiger partial charge < -0.3 is 10.5 Å². The van der Waals surface area contributed by atoms with E-state index in [9.17, 15) is 0 Å². The summed E-state index contributed by atoms with van der Waals surface area (Å²) >= 11 is 0.